The summed E-state index contributed by atoms with van der Waals surface area (Å²) in [5.41, 5.74) is 1.01. The number of nitrogens with one attached hydrogen (secondary N) is 1. The van der Waals surface area contributed by atoms with E-state index in [0.717, 1.165) is 42.9 Å². The van der Waals surface area contributed by atoms with Gasteiger partial charge in [0.05, 0.1) is 6.61 Å². The van der Waals surface area contributed by atoms with E-state index in [1.807, 2.05) is 39.0 Å². The summed E-state index contributed by atoms with van der Waals surface area (Å²) in [5, 5.41) is 2.97. The summed E-state index contributed by atoms with van der Waals surface area (Å²) in [4.78, 5) is 12.6. The van der Waals surface area contributed by atoms with E-state index in [1.165, 1.54) is 0 Å². The second kappa shape index (κ2) is 9.56. The summed E-state index contributed by atoms with van der Waals surface area (Å²) in [7, 11) is 0. The molecule has 0 saturated carbocycles. The van der Waals surface area contributed by atoms with Gasteiger partial charge in [-0.2, -0.15) is 0 Å². The minimum absolute atomic E-state index is 0.0970. The number of rotatable bonds is 10. The van der Waals surface area contributed by atoms with Crippen LogP contribution in [0, 0.1) is 6.92 Å². The number of unbranched alkanes of at least 4 members (excludes halogenated alkanes) is 1. The molecule has 23 heavy (non-hydrogen) atoms. The lowest BCUT2D eigenvalue weighted by Gasteiger charge is -2.28. The second-order valence-electron chi connectivity index (χ2n) is 6.05. The zero-order valence-corrected chi connectivity index (χ0v) is 15.2. The molecular weight excluding hydrogens is 290 g/mol. The van der Waals surface area contributed by atoms with Crippen LogP contribution >= 0.6 is 0 Å². The van der Waals surface area contributed by atoms with Crippen LogP contribution in [0.4, 0.5) is 5.69 Å². The van der Waals surface area contributed by atoms with Gasteiger partial charge in [0.1, 0.15) is 11.4 Å². The number of amides is 1. The van der Waals surface area contributed by atoms with Gasteiger partial charge in [-0.1, -0.05) is 26.7 Å². The molecule has 0 aliphatic carbocycles. The van der Waals surface area contributed by atoms with Crippen LogP contribution in [0.2, 0.25) is 0 Å². The van der Waals surface area contributed by atoms with E-state index in [9.17, 15) is 4.79 Å². The zero-order valence-electron chi connectivity index (χ0n) is 15.2. The van der Waals surface area contributed by atoms with Crippen LogP contribution in [0.15, 0.2) is 18.2 Å². The van der Waals surface area contributed by atoms with E-state index < -0.39 is 5.60 Å². The average molecular weight is 321 g/mol. The van der Waals surface area contributed by atoms with E-state index in [0.29, 0.717) is 13.0 Å². The molecule has 0 aromatic heterocycles. The molecular formula is C19H31NO3. The normalized spacial score (nSPS) is 13.4. The Morgan fingerprint density at radius 1 is 1.22 bits per heavy atom. The lowest BCUT2D eigenvalue weighted by atomic mass is 9.99. The van der Waals surface area contributed by atoms with Crippen molar-refractivity contribution in [3.8, 4) is 5.75 Å². The topological polar surface area (TPSA) is 47.6 Å². The Kier molecular flexibility index (Phi) is 8.10. The van der Waals surface area contributed by atoms with Crippen molar-refractivity contribution in [1.82, 2.24) is 0 Å². The molecule has 0 unspecified atom stereocenters. The largest absolute Gasteiger partial charge is 0.493 e. The quantitative estimate of drug-likeness (QED) is 0.635. The van der Waals surface area contributed by atoms with E-state index in [4.69, 9.17) is 9.47 Å². The maximum Gasteiger partial charge on any atom is 0.256 e. The van der Waals surface area contributed by atoms with Gasteiger partial charge < -0.3 is 14.8 Å². The lowest BCUT2D eigenvalue weighted by molar-refractivity contribution is -0.139. The minimum Gasteiger partial charge on any atom is -0.493 e. The third kappa shape index (κ3) is 5.87. The van der Waals surface area contributed by atoms with Gasteiger partial charge in [-0.05, 0) is 57.4 Å². The maximum atomic E-state index is 12.6. The third-order valence-corrected chi connectivity index (χ3v) is 3.86. The van der Waals surface area contributed by atoms with Crippen LogP contribution in [0.5, 0.6) is 5.75 Å². The van der Waals surface area contributed by atoms with Crippen LogP contribution in [-0.4, -0.2) is 24.7 Å². The summed E-state index contributed by atoms with van der Waals surface area (Å²) in [6, 6.07) is 5.74. The number of hydrogen-bond acceptors (Lipinski definition) is 3. The standard InChI is InChI=1S/C19H31NO3/c1-6-9-13-22-17-11-10-16(14-15(17)4)20-18(21)19(5,12-7-2)23-8-3/h10-11,14H,6-9,12-13H2,1-5H3,(H,20,21)/t19-/m0/s1. The van der Waals surface area contributed by atoms with Gasteiger partial charge in [0, 0.05) is 12.3 Å². The molecule has 0 saturated heterocycles. The van der Waals surface area contributed by atoms with Crippen molar-refractivity contribution >= 4 is 11.6 Å². The molecule has 1 aromatic rings. The Morgan fingerprint density at radius 2 is 1.96 bits per heavy atom. The number of hydrogen-bond donors (Lipinski definition) is 1. The molecule has 0 bridgehead atoms. The summed E-state index contributed by atoms with van der Waals surface area (Å²) < 4.78 is 11.4. The van der Waals surface area contributed by atoms with E-state index in [-0.39, 0.29) is 5.91 Å². The Bertz CT molecular complexity index is 493. The number of ether oxygens (including phenoxy) is 2. The number of aryl methyl sites for hydroxylation is 1. The summed E-state index contributed by atoms with van der Waals surface area (Å²) in [6.07, 6.45) is 3.75. The smallest absolute Gasteiger partial charge is 0.256 e. The van der Waals surface area contributed by atoms with Crippen molar-refractivity contribution in [1.29, 1.82) is 0 Å². The van der Waals surface area contributed by atoms with Gasteiger partial charge in [-0.15, -0.1) is 0 Å². The van der Waals surface area contributed by atoms with Gasteiger partial charge in [0.15, 0.2) is 0 Å². The monoisotopic (exact) mass is 321 g/mol. The van der Waals surface area contributed by atoms with E-state index >= 15 is 0 Å². The molecule has 0 radical (unpaired) electrons. The van der Waals surface area contributed by atoms with Crippen molar-refractivity contribution in [2.24, 2.45) is 0 Å². The molecule has 1 N–H and O–H groups in total. The Balaban J connectivity index is 2.76. The van der Waals surface area contributed by atoms with Gasteiger partial charge in [0.2, 0.25) is 0 Å². The van der Waals surface area contributed by atoms with Crippen molar-refractivity contribution in [2.45, 2.75) is 65.9 Å². The fraction of sp³-hybridized carbons (Fsp3) is 0.632. The molecule has 0 aliphatic rings. The molecule has 4 nitrogen and oxygen atoms in total. The molecule has 0 spiro atoms. The fourth-order valence-electron chi connectivity index (χ4n) is 2.53. The summed E-state index contributed by atoms with van der Waals surface area (Å²) >= 11 is 0. The Hall–Kier alpha value is -1.55. The first-order valence-electron chi connectivity index (χ1n) is 8.65. The predicted octanol–water partition coefficient (Wildman–Crippen LogP) is 4.71. The maximum absolute atomic E-state index is 12.6. The van der Waals surface area contributed by atoms with E-state index in [1.54, 1.807) is 0 Å². The van der Waals surface area contributed by atoms with Crippen LogP contribution in [0.1, 0.15) is 58.9 Å². The van der Waals surface area contributed by atoms with Crippen molar-refractivity contribution in [3.05, 3.63) is 23.8 Å². The summed E-state index contributed by atoms with van der Waals surface area (Å²) in [6.45, 7) is 11.2. The molecule has 0 heterocycles. The van der Waals surface area contributed by atoms with Crippen LogP contribution in [0.25, 0.3) is 0 Å². The second-order valence-corrected chi connectivity index (χ2v) is 6.05. The predicted molar refractivity (Wildman–Crippen MR) is 95.2 cm³/mol. The first-order chi connectivity index (χ1) is 11.0. The lowest BCUT2D eigenvalue weighted by Crippen LogP contribution is -2.42. The van der Waals surface area contributed by atoms with Crippen LogP contribution in [-0.2, 0) is 9.53 Å². The van der Waals surface area contributed by atoms with Crippen molar-refractivity contribution in [3.63, 3.8) is 0 Å². The highest BCUT2D eigenvalue weighted by Crippen LogP contribution is 2.25. The number of anilines is 1. The van der Waals surface area contributed by atoms with Gasteiger partial charge in [0.25, 0.3) is 5.91 Å². The number of benzene rings is 1. The highest BCUT2D eigenvalue weighted by atomic mass is 16.5. The van der Waals surface area contributed by atoms with Crippen LogP contribution in [0.3, 0.4) is 0 Å². The van der Waals surface area contributed by atoms with Gasteiger partial charge in [-0.25, -0.2) is 0 Å². The Morgan fingerprint density at radius 3 is 2.52 bits per heavy atom. The van der Waals surface area contributed by atoms with Crippen LogP contribution < -0.4 is 10.1 Å². The van der Waals surface area contributed by atoms with Gasteiger partial charge in [-0.3, -0.25) is 4.79 Å². The molecule has 1 amide bonds. The highest BCUT2D eigenvalue weighted by molar-refractivity contribution is 5.97. The zero-order chi connectivity index (χ0) is 17.3. The van der Waals surface area contributed by atoms with Crippen molar-refractivity contribution in [2.75, 3.05) is 18.5 Å². The SMILES string of the molecule is CCCCOc1ccc(NC(=O)[C@](C)(CCC)OCC)cc1C. The first kappa shape index (κ1) is 19.5. The van der Waals surface area contributed by atoms with E-state index in [2.05, 4.69) is 19.2 Å². The fourth-order valence-corrected chi connectivity index (χ4v) is 2.53. The molecule has 0 aliphatic heterocycles. The molecule has 4 heteroatoms. The molecule has 130 valence electrons. The number of carbonyl (C=O) groups excluding carboxylic acids is 1. The Labute approximate surface area is 140 Å². The molecule has 1 rings (SSSR count). The summed E-state index contributed by atoms with van der Waals surface area (Å²) in [5.74, 6) is 0.776. The van der Waals surface area contributed by atoms with Gasteiger partial charge >= 0.3 is 0 Å². The first-order valence-corrected chi connectivity index (χ1v) is 8.65. The third-order valence-electron chi connectivity index (χ3n) is 3.86. The minimum atomic E-state index is -0.784. The number of carbonyl (C=O) groups is 1. The highest BCUT2D eigenvalue weighted by Gasteiger charge is 2.32. The average Bonchev–Trinajstić information content (AvgIpc) is 2.50. The molecule has 1 aromatic carbocycles. The molecule has 0 fully saturated rings. The molecule has 1 atom stereocenters. The van der Waals surface area contributed by atoms with Crippen molar-refractivity contribution < 1.29 is 14.3 Å².